The molecule has 4 aromatic rings. The van der Waals surface area contributed by atoms with E-state index in [0.29, 0.717) is 83.9 Å². The van der Waals surface area contributed by atoms with Crippen molar-refractivity contribution in [3.05, 3.63) is 113 Å². The highest BCUT2D eigenvalue weighted by atomic mass is 16.5. The SMILES string of the molecule is COc1ccc(C2=CN3C(=O)c4cc(OC)c(OCCCOc5cc6c(cc5OC)C(=O)N5C=C(c7ccc(C(C)C)cc7)CC5C=N6)cc4N=C[C@@H]3C2)cc1. The van der Waals surface area contributed by atoms with Gasteiger partial charge in [0.15, 0.2) is 23.0 Å². The van der Waals surface area contributed by atoms with Gasteiger partial charge in [0.25, 0.3) is 11.8 Å². The van der Waals surface area contributed by atoms with Crippen LogP contribution in [-0.4, -0.2) is 80.7 Å². The summed E-state index contributed by atoms with van der Waals surface area (Å²) in [7, 11) is 4.74. The molecule has 0 fully saturated rings. The minimum absolute atomic E-state index is 0.134. The molecule has 11 heteroatoms. The van der Waals surface area contributed by atoms with Gasteiger partial charge in [-0.1, -0.05) is 50.2 Å². The van der Waals surface area contributed by atoms with Crippen LogP contribution in [0.25, 0.3) is 11.1 Å². The molecule has 0 aromatic heterocycles. The fraction of sp³-hybridized carbons (Fsp3) is 0.289. The zero-order chi connectivity index (χ0) is 38.9. The molecule has 4 heterocycles. The summed E-state index contributed by atoms with van der Waals surface area (Å²) in [6.45, 7) is 4.98. The van der Waals surface area contributed by atoms with Gasteiger partial charge in [0.1, 0.15) is 5.75 Å². The summed E-state index contributed by atoms with van der Waals surface area (Å²) in [6.07, 6.45) is 9.37. The fourth-order valence-corrected chi connectivity index (χ4v) is 7.45. The summed E-state index contributed by atoms with van der Waals surface area (Å²) in [5.74, 6) is 2.80. The highest BCUT2D eigenvalue weighted by molar-refractivity contribution is 6.06. The van der Waals surface area contributed by atoms with Crippen molar-refractivity contribution in [2.24, 2.45) is 9.98 Å². The van der Waals surface area contributed by atoms with Gasteiger partial charge in [-0.05, 0) is 58.0 Å². The first-order valence-corrected chi connectivity index (χ1v) is 18.8. The molecule has 4 aliphatic heterocycles. The molecular weight excluding hydrogens is 709 g/mol. The van der Waals surface area contributed by atoms with E-state index in [1.807, 2.05) is 49.1 Å². The Morgan fingerprint density at radius 1 is 0.625 bits per heavy atom. The average molecular weight is 753 g/mol. The molecule has 2 atom stereocenters. The van der Waals surface area contributed by atoms with E-state index in [4.69, 9.17) is 33.7 Å². The van der Waals surface area contributed by atoms with Gasteiger partial charge in [0.2, 0.25) is 0 Å². The summed E-state index contributed by atoms with van der Waals surface area (Å²) >= 11 is 0. The molecule has 11 nitrogen and oxygen atoms in total. The van der Waals surface area contributed by atoms with Crippen LogP contribution < -0.4 is 23.7 Å². The van der Waals surface area contributed by atoms with Crippen molar-refractivity contribution in [3.63, 3.8) is 0 Å². The van der Waals surface area contributed by atoms with Gasteiger partial charge in [0.05, 0.1) is 69.1 Å². The molecular formula is C45H44N4O7. The number of fused-ring (bicyclic) bond motifs is 4. The minimum atomic E-state index is -0.201. The van der Waals surface area contributed by atoms with Gasteiger partial charge in [0, 0.05) is 56.2 Å². The number of nitrogens with zero attached hydrogens (tertiary/aromatic N) is 4. The lowest BCUT2D eigenvalue weighted by Gasteiger charge is -2.19. The first-order chi connectivity index (χ1) is 27.2. The quantitative estimate of drug-likeness (QED) is 0.133. The normalized spacial score (nSPS) is 18.0. The van der Waals surface area contributed by atoms with Crippen LogP contribution in [0, 0.1) is 0 Å². The number of carbonyl (C=O) groups excluding carboxylic acids is 2. The predicted molar refractivity (Wildman–Crippen MR) is 217 cm³/mol. The lowest BCUT2D eigenvalue weighted by atomic mass is 9.97. The van der Waals surface area contributed by atoms with Crippen LogP contribution in [-0.2, 0) is 0 Å². The van der Waals surface area contributed by atoms with E-state index >= 15 is 0 Å². The van der Waals surface area contributed by atoms with Crippen LogP contribution in [0.15, 0.2) is 95.2 Å². The van der Waals surface area contributed by atoms with Crippen LogP contribution in [0.2, 0.25) is 0 Å². The average Bonchev–Trinajstić information content (AvgIpc) is 3.80. The number of benzene rings is 4. The Bertz CT molecular complexity index is 2290. The monoisotopic (exact) mass is 752 g/mol. The number of rotatable bonds is 12. The van der Waals surface area contributed by atoms with Gasteiger partial charge < -0.3 is 33.5 Å². The fourth-order valence-electron chi connectivity index (χ4n) is 7.45. The van der Waals surface area contributed by atoms with Crippen molar-refractivity contribution in [2.75, 3.05) is 34.5 Å². The molecule has 1 unspecified atom stereocenters. The minimum Gasteiger partial charge on any atom is -0.497 e. The van der Waals surface area contributed by atoms with Crippen molar-refractivity contribution in [2.45, 2.75) is 51.1 Å². The summed E-state index contributed by atoms with van der Waals surface area (Å²) in [5.41, 5.74) is 7.52. The number of methoxy groups -OCH3 is 3. The molecule has 286 valence electrons. The van der Waals surface area contributed by atoms with Crippen molar-refractivity contribution in [3.8, 4) is 28.7 Å². The van der Waals surface area contributed by atoms with Crippen LogP contribution >= 0.6 is 0 Å². The van der Waals surface area contributed by atoms with Gasteiger partial charge in [-0.2, -0.15) is 0 Å². The topological polar surface area (TPSA) is 111 Å². The second-order valence-corrected chi connectivity index (χ2v) is 14.4. The van der Waals surface area contributed by atoms with Gasteiger partial charge >= 0.3 is 0 Å². The van der Waals surface area contributed by atoms with Crippen LogP contribution in [0.1, 0.15) is 76.4 Å². The Hall–Kier alpha value is -6.36. The lowest BCUT2D eigenvalue weighted by molar-refractivity contribution is 0.0809. The summed E-state index contributed by atoms with van der Waals surface area (Å²) in [4.78, 5) is 40.5. The number of hydrogen-bond acceptors (Lipinski definition) is 9. The first kappa shape index (κ1) is 36.6. The second-order valence-electron chi connectivity index (χ2n) is 14.4. The van der Waals surface area contributed by atoms with Crippen molar-refractivity contribution >= 4 is 46.8 Å². The Morgan fingerprint density at radius 2 is 1.09 bits per heavy atom. The Balaban J connectivity index is 0.904. The smallest absolute Gasteiger partial charge is 0.260 e. The zero-order valence-electron chi connectivity index (χ0n) is 32.2. The van der Waals surface area contributed by atoms with E-state index in [9.17, 15) is 9.59 Å². The van der Waals surface area contributed by atoms with Crippen molar-refractivity contribution < 1.29 is 33.3 Å². The van der Waals surface area contributed by atoms with Gasteiger partial charge in [-0.15, -0.1) is 0 Å². The Labute approximate surface area is 326 Å². The largest absolute Gasteiger partial charge is 0.497 e. The molecule has 0 N–H and O–H groups in total. The summed E-state index contributed by atoms with van der Waals surface area (Å²) < 4.78 is 28.9. The molecule has 56 heavy (non-hydrogen) atoms. The summed E-state index contributed by atoms with van der Waals surface area (Å²) in [6, 6.07) is 22.9. The standard InChI is InChI=1S/C45H44N4O7/c1-27(2)28-7-9-29(10-8-28)31-17-33-23-46-38-21-42(40(53-4)19-36(38)44(50)48(33)25-31)55-15-6-16-56-43-22-39-37(20-41(43)54-5)45(51)49-26-32(18-34(49)24-47-39)30-11-13-35(52-3)14-12-30/h7-14,19-27,33-34H,6,15-18H2,1-5H3/t33?,34-/m0/s1. The number of carbonyl (C=O) groups is 2. The van der Waals surface area contributed by atoms with Crippen LogP contribution in [0.5, 0.6) is 28.7 Å². The molecule has 4 aliphatic rings. The molecule has 0 saturated carbocycles. The van der Waals surface area contributed by atoms with Gasteiger partial charge in [-0.25, -0.2) is 0 Å². The molecule has 2 amide bonds. The molecule has 0 saturated heterocycles. The molecule has 0 radical (unpaired) electrons. The maximum absolute atomic E-state index is 13.8. The maximum Gasteiger partial charge on any atom is 0.260 e. The van der Waals surface area contributed by atoms with E-state index in [2.05, 4.69) is 38.1 Å². The Kier molecular flexibility index (Phi) is 10.1. The molecule has 8 rings (SSSR count). The highest BCUT2D eigenvalue weighted by Gasteiger charge is 2.35. The van der Waals surface area contributed by atoms with E-state index in [1.165, 1.54) is 5.56 Å². The number of hydrogen-bond donors (Lipinski definition) is 0. The zero-order valence-corrected chi connectivity index (χ0v) is 32.2. The molecule has 4 aromatic carbocycles. The number of amides is 2. The third kappa shape index (κ3) is 7.00. The van der Waals surface area contributed by atoms with E-state index < -0.39 is 0 Å². The van der Waals surface area contributed by atoms with Gasteiger partial charge in [-0.3, -0.25) is 19.6 Å². The van der Waals surface area contributed by atoms with E-state index in [-0.39, 0.29) is 23.9 Å². The molecule has 0 spiro atoms. The van der Waals surface area contributed by atoms with Crippen LogP contribution in [0.3, 0.4) is 0 Å². The van der Waals surface area contributed by atoms with E-state index in [0.717, 1.165) is 28.0 Å². The second kappa shape index (κ2) is 15.4. The number of aliphatic imine (C=N–C) groups is 2. The van der Waals surface area contributed by atoms with Crippen molar-refractivity contribution in [1.29, 1.82) is 0 Å². The van der Waals surface area contributed by atoms with E-state index in [1.54, 1.807) is 55.4 Å². The summed E-state index contributed by atoms with van der Waals surface area (Å²) in [5, 5.41) is 0. The lowest BCUT2D eigenvalue weighted by Crippen LogP contribution is -2.32. The predicted octanol–water partition coefficient (Wildman–Crippen LogP) is 8.63. The number of ether oxygens (including phenoxy) is 5. The highest BCUT2D eigenvalue weighted by Crippen LogP contribution is 2.42. The molecule has 0 aliphatic carbocycles. The van der Waals surface area contributed by atoms with Crippen molar-refractivity contribution in [1.82, 2.24) is 9.80 Å². The Morgan fingerprint density at radius 3 is 1.52 bits per heavy atom. The first-order valence-electron chi connectivity index (χ1n) is 18.8. The third-order valence-electron chi connectivity index (χ3n) is 10.6. The third-order valence-corrected chi connectivity index (χ3v) is 10.6. The van der Waals surface area contributed by atoms with Crippen LogP contribution in [0.4, 0.5) is 11.4 Å². The molecule has 0 bridgehead atoms. The maximum atomic E-state index is 13.8.